The van der Waals surface area contributed by atoms with Crippen LogP contribution in [-0.4, -0.2) is 15.0 Å². The third kappa shape index (κ3) is 4.77. The van der Waals surface area contributed by atoms with Crippen LogP contribution in [0.3, 0.4) is 0 Å². The van der Waals surface area contributed by atoms with Gasteiger partial charge in [0, 0.05) is 55.6 Å². The van der Waals surface area contributed by atoms with E-state index in [9.17, 15) is 0 Å². The lowest BCUT2D eigenvalue weighted by molar-refractivity contribution is 0.668. The Morgan fingerprint density at radius 3 is 2.20 bits per heavy atom. The predicted octanol–water partition coefficient (Wildman–Crippen LogP) is 13.2. The molecule has 0 fully saturated rings. The molecule has 0 aliphatic heterocycles. The zero-order chi connectivity index (χ0) is 36.7. The number of hydrogen-bond donors (Lipinski definition) is 0. The first-order valence-electron chi connectivity index (χ1n) is 19.0. The summed E-state index contributed by atoms with van der Waals surface area (Å²) >= 11 is 0. The van der Waals surface area contributed by atoms with Crippen LogP contribution in [-0.2, 0) is 0 Å². The summed E-state index contributed by atoms with van der Waals surface area (Å²) in [5.41, 5.74) is 10.8. The fraction of sp³-hybridized carbons (Fsp3) is 0.0392. The number of benzene rings is 7. The minimum absolute atomic E-state index is 0.208. The first-order chi connectivity index (χ1) is 27.7. The van der Waals surface area contributed by atoms with Crippen molar-refractivity contribution in [3.05, 3.63) is 187 Å². The molecular weight excluding hydrogens is 687 g/mol. The minimum atomic E-state index is 0.208. The predicted molar refractivity (Wildman–Crippen MR) is 227 cm³/mol. The van der Waals surface area contributed by atoms with E-state index in [-0.39, 0.29) is 11.8 Å². The zero-order valence-corrected chi connectivity index (χ0v) is 30.1. The molecule has 2 aliphatic carbocycles. The summed E-state index contributed by atoms with van der Waals surface area (Å²) in [6, 6.07) is 50.4. The molecule has 3 heterocycles. The van der Waals surface area contributed by atoms with E-state index in [2.05, 4.69) is 134 Å². The van der Waals surface area contributed by atoms with Crippen LogP contribution in [0.25, 0.3) is 100 Å². The van der Waals surface area contributed by atoms with Gasteiger partial charge in [-0.15, -0.1) is 0 Å². The lowest BCUT2D eigenvalue weighted by Crippen LogP contribution is -2.15. The molecule has 262 valence electrons. The molecule has 0 saturated carbocycles. The normalized spacial score (nSPS) is 16.2. The molecule has 0 radical (unpaired) electrons. The second kappa shape index (κ2) is 12.1. The van der Waals surface area contributed by atoms with Gasteiger partial charge in [-0.2, -0.15) is 0 Å². The van der Waals surface area contributed by atoms with Crippen molar-refractivity contribution < 1.29 is 8.83 Å². The summed E-state index contributed by atoms with van der Waals surface area (Å²) in [5, 5.41) is 6.57. The fourth-order valence-electron chi connectivity index (χ4n) is 8.84. The summed E-state index contributed by atoms with van der Waals surface area (Å²) in [7, 11) is 0. The third-order valence-corrected chi connectivity index (χ3v) is 11.5. The Kier molecular flexibility index (Phi) is 6.69. The molecular formula is C51H31N3O2. The molecule has 0 N–H and O–H groups in total. The molecule has 5 heteroatoms. The number of aromatic nitrogens is 3. The molecule has 5 nitrogen and oxygen atoms in total. The molecule has 10 aromatic rings. The quantitative estimate of drug-likeness (QED) is 0.181. The first kappa shape index (κ1) is 31.0. The maximum Gasteiger partial charge on any atom is 0.164 e. The number of para-hydroxylation sites is 1. The van der Waals surface area contributed by atoms with Crippen molar-refractivity contribution in [1.82, 2.24) is 15.0 Å². The Bertz CT molecular complexity index is 3330. The fourth-order valence-corrected chi connectivity index (χ4v) is 8.84. The minimum Gasteiger partial charge on any atom is -0.456 e. The van der Waals surface area contributed by atoms with Gasteiger partial charge in [-0.25, -0.2) is 15.0 Å². The van der Waals surface area contributed by atoms with Crippen LogP contribution in [0.1, 0.15) is 22.9 Å². The van der Waals surface area contributed by atoms with Crippen LogP contribution in [0.5, 0.6) is 0 Å². The second-order valence-corrected chi connectivity index (χ2v) is 14.7. The van der Waals surface area contributed by atoms with E-state index in [0.717, 1.165) is 71.7 Å². The van der Waals surface area contributed by atoms with Gasteiger partial charge in [-0.3, -0.25) is 0 Å². The number of allylic oxidation sites excluding steroid dienone is 5. The molecule has 0 bridgehead atoms. The third-order valence-electron chi connectivity index (χ3n) is 11.5. The summed E-state index contributed by atoms with van der Waals surface area (Å²) in [6.45, 7) is 0. The highest BCUT2D eigenvalue weighted by Gasteiger charge is 2.27. The van der Waals surface area contributed by atoms with E-state index >= 15 is 0 Å². The molecule has 56 heavy (non-hydrogen) atoms. The largest absolute Gasteiger partial charge is 0.456 e. The molecule has 0 amide bonds. The molecule has 12 rings (SSSR count). The molecule has 7 aromatic carbocycles. The zero-order valence-electron chi connectivity index (χ0n) is 30.1. The standard InChI is InChI=1S/C51H31N3O2/c1-2-12-32(13-3-1)49-52-50(35-22-25-37-33(28-35)21-20-30-10-4-6-14-36(30)37)54-51(53-49)41-18-9-19-44-47(41)42-29-34(24-26-43(42)55-44)39-16-8-17-40-46-38-15-7-5-11-31(38)23-27-45(46)56-48(39)40/h1-29,33,37H. The Hall–Kier alpha value is -7.37. The van der Waals surface area contributed by atoms with Crippen molar-refractivity contribution in [3.63, 3.8) is 0 Å². The highest BCUT2D eigenvalue weighted by molar-refractivity contribution is 6.21. The van der Waals surface area contributed by atoms with E-state index in [1.807, 2.05) is 42.5 Å². The van der Waals surface area contributed by atoms with Gasteiger partial charge in [0.15, 0.2) is 17.5 Å². The summed E-state index contributed by atoms with van der Waals surface area (Å²) < 4.78 is 13.1. The van der Waals surface area contributed by atoms with Crippen LogP contribution in [0.4, 0.5) is 0 Å². The molecule has 3 aromatic heterocycles. The van der Waals surface area contributed by atoms with E-state index in [1.54, 1.807) is 0 Å². The topological polar surface area (TPSA) is 65.0 Å². The van der Waals surface area contributed by atoms with Crippen LogP contribution < -0.4 is 0 Å². The number of rotatable bonds is 4. The number of nitrogens with zero attached hydrogens (tertiary/aromatic N) is 3. The molecule has 2 aliphatic rings. The number of furan rings is 2. The van der Waals surface area contributed by atoms with Crippen LogP contribution >= 0.6 is 0 Å². The van der Waals surface area contributed by atoms with Crippen LogP contribution in [0, 0.1) is 5.92 Å². The van der Waals surface area contributed by atoms with Crippen molar-refractivity contribution in [2.24, 2.45) is 5.92 Å². The monoisotopic (exact) mass is 717 g/mol. The Balaban J connectivity index is 1.03. The average molecular weight is 718 g/mol. The van der Waals surface area contributed by atoms with E-state index in [1.165, 1.54) is 21.9 Å². The van der Waals surface area contributed by atoms with Gasteiger partial charge >= 0.3 is 0 Å². The van der Waals surface area contributed by atoms with Crippen molar-refractivity contribution in [1.29, 1.82) is 0 Å². The lowest BCUT2D eigenvalue weighted by Gasteiger charge is -2.28. The lowest BCUT2D eigenvalue weighted by atomic mass is 9.76. The Morgan fingerprint density at radius 1 is 0.464 bits per heavy atom. The van der Waals surface area contributed by atoms with Crippen molar-refractivity contribution >= 4 is 66.3 Å². The van der Waals surface area contributed by atoms with E-state index < -0.39 is 0 Å². The smallest absolute Gasteiger partial charge is 0.164 e. The van der Waals surface area contributed by atoms with Gasteiger partial charge in [0.05, 0.1) is 0 Å². The first-order valence-corrected chi connectivity index (χ1v) is 19.0. The maximum atomic E-state index is 6.63. The van der Waals surface area contributed by atoms with Crippen LogP contribution in [0.2, 0.25) is 0 Å². The van der Waals surface area contributed by atoms with Gasteiger partial charge < -0.3 is 8.83 Å². The van der Waals surface area contributed by atoms with Gasteiger partial charge in [-0.05, 0) is 51.7 Å². The average Bonchev–Trinajstić information content (AvgIpc) is 3.85. The highest BCUT2D eigenvalue weighted by Crippen LogP contribution is 2.44. The molecule has 0 spiro atoms. The Labute approximate surface area is 321 Å². The van der Waals surface area contributed by atoms with Crippen molar-refractivity contribution in [2.75, 3.05) is 0 Å². The molecule has 2 atom stereocenters. The van der Waals surface area contributed by atoms with Gasteiger partial charge in [0.2, 0.25) is 0 Å². The molecule has 2 unspecified atom stereocenters. The van der Waals surface area contributed by atoms with Gasteiger partial charge in [-0.1, -0.05) is 152 Å². The van der Waals surface area contributed by atoms with Crippen molar-refractivity contribution in [3.8, 4) is 33.9 Å². The summed E-state index contributed by atoms with van der Waals surface area (Å²) in [6.07, 6.45) is 11.3. The number of fused-ring (bicyclic) bond motifs is 11. The van der Waals surface area contributed by atoms with Gasteiger partial charge in [0.25, 0.3) is 0 Å². The molecule has 0 saturated heterocycles. The summed E-state index contributed by atoms with van der Waals surface area (Å²) in [5.74, 6) is 2.35. The van der Waals surface area contributed by atoms with E-state index in [0.29, 0.717) is 17.5 Å². The second-order valence-electron chi connectivity index (χ2n) is 14.7. The highest BCUT2D eigenvalue weighted by atomic mass is 16.3. The Morgan fingerprint density at radius 2 is 1.23 bits per heavy atom. The van der Waals surface area contributed by atoms with Crippen molar-refractivity contribution in [2.45, 2.75) is 5.92 Å². The number of hydrogen-bond acceptors (Lipinski definition) is 5. The van der Waals surface area contributed by atoms with E-state index in [4.69, 9.17) is 23.8 Å². The van der Waals surface area contributed by atoms with Gasteiger partial charge in [0.1, 0.15) is 22.3 Å². The summed E-state index contributed by atoms with van der Waals surface area (Å²) in [4.78, 5) is 15.4. The maximum absolute atomic E-state index is 6.63. The SMILES string of the molecule is C1=CC2c3ccccc3C=CC2C=C1c1nc(-c2ccccc2)nc(-c2cccc3oc4ccc(-c5cccc6c5oc5ccc7ccccc7c56)cc4c23)n1. The van der Waals surface area contributed by atoms with Crippen LogP contribution in [0.15, 0.2) is 179 Å².